The topological polar surface area (TPSA) is 102 Å². The van der Waals surface area contributed by atoms with Crippen molar-refractivity contribution in [2.75, 3.05) is 0 Å². The number of allylic oxidation sites excluding steroid dienone is 1. The van der Waals surface area contributed by atoms with Gasteiger partial charge < -0.3 is 5.32 Å². The molecule has 0 saturated heterocycles. The third-order valence-electron chi connectivity index (χ3n) is 11.9. The summed E-state index contributed by atoms with van der Waals surface area (Å²) >= 11 is 0. The fourth-order valence-corrected chi connectivity index (χ4v) is 8.35. The zero-order chi connectivity index (χ0) is 36.6. The van der Waals surface area contributed by atoms with Crippen molar-refractivity contribution in [2.24, 2.45) is 41.4 Å². The van der Waals surface area contributed by atoms with E-state index in [0.717, 1.165) is 59.3 Å². The Balaban J connectivity index is 1.08. The molecule has 8 atom stereocenters. The summed E-state index contributed by atoms with van der Waals surface area (Å²) in [7, 11) is 0. The predicted molar refractivity (Wildman–Crippen MR) is 209 cm³/mol. The van der Waals surface area contributed by atoms with E-state index in [1.54, 1.807) is 0 Å². The van der Waals surface area contributed by atoms with Crippen molar-refractivity contribution in [1.29, 1.82) is 10.5 Å². The molecule has 0 aliphatic heterocycles. The van der Waals surface area contributed by atoms with Crippen LogP contribution in [0.25, 0.3) is 34.4 Å². The zero-order valence-electron chi connectivity index (χ0n) is 30.7. The Bertz CT molecular complexity index is 1980. The smallest absolute Gasteiger partial charge is 0.220 e. The number of carbonyl (C=O) groups excluding carboxylic acids is 1. The zero-order valence-corrected chi connectivity index (χ0v) is 30.7. The average Bonchev–Trinajstić information content (AvgIpc) is 3.17. The molecule has 6 nitrogen and oxygen atoms in total. The summed E-state index contributed by atoms with van der Waals surface area (Å²) in [5, 5.41) is 22.5. The summed E-state index contributed by atoms with van der Waals surface area (Å²) in [5.74, 6) is 3.16. The monoisotopic (exact) mass is 687 g/mol. The van der Waals surface area contributed by atoms with Gasteiger partial charge in [-0.1, -0.05) is 88.4 Å². The average molecular weight is 688 g/mol. The van der Waals surface area contributed by atoms with Crippen LogP contribution in [0.4, 0.5) is 0 Å². The Morgan fingerprint density at radius 3 is 1.87 bits per heavy atom. The van der Waals surface area contributed by atoms with Crippen LogP contribution in [-0.4, -0.2) is 21.9 Å². The first-order chi connectivity index (χ1) is 25.2. The molecule has 2 aliphatic rings. The second kappa shape index (κ2) is 16.8. The minimum absolute atomic E-state index is 0.0986. The Morgan fingerprint density at radius 2 is 1.31 bits per heavy atom. The lowest BCUT2D eigenvalue weighted by Gasteiger charge is -2.40. The van der Waals surface area contributed by atoms with E-state index in [0.29, 0.717) is 53.1 Å². The number of benzene rings is 2. The summed E-state index contributed by atoms with van der Waals surface area (Å²) in [4.78, 5) is 23.0. The minimum Gasteiger partial charge on any atom is -0.353 e. The first kappa shape index (κ1) is 36.5. The van der Waals surface area contributed by atoms with E-state index in [-0.39, 0.29) is 17.9 Å². The molecule has 52 heavy (non-hydrogen) atoms. The van der Waals surface area contributed by atoms with Gasteiger partial charge in [-0.05, 0) is 97.6 Å². The second-order valence-electron chi connectivity index (χ2n) is 15.2. The normalized spacial score (nSPS) is 26.1. The highest BCUT2D eigenvalue weighted by Gasteiger charge is 2.36. The highest BCUT2D eigenvalue weighted by atomic mass is 16.1. The van der Waals surface area contributed by atoms with Gasteiger partial charge in [0.05, 0.1) is 34.7 Å². The number of pyridine rings is 2. The number of nitriles is 2. The largest absolute Gasteiger partial charge is 0.353 e. The van der Waals surface area contributed by atoms with Crippen LogP contribution in [0.3, 0.4) is 0 Å². The van der Waals surface area contributed by atoms with E-state index in [4.69, 9.17) is 4.98 Å². The number of nitrogens with one attached hydrogen (secondary N) is 1. The number of aromatic nitrogens is 2. The lowest BCUT2D eigenvalue weighted by molar-refractivity contribution is -0.124. The predicted octanol–water partition coefficient (Wildman–Crippen LogP) is 10.1. The molecule has 2 fully saturated rings. The van der Waals surface area contributed by atoms with Crippen LogP contribution < -0.4 is 5.32 Å². The molecule has 0 spiro atoms. The van der Waals surface area contributed by atoms with Gasteiger partial charge in [0.1, 0.15) is 0 Å². The highest BCUT2D eigenvalue weighted by Crippen LogP contribution is 2.41. The Morgan fingerprint density at radius 1 is 0.731 bits per heavy atom. The van der Waals surface area contributed by atoms with Gasteiger partial charge in [0.2, 0.25) is 5.91 Å². The molecule has 6 rings (SSSR count). The molecule has 1 unspecified atom stereocenters. The maximum Gasteiger partial charge on any atom is 0.220 e. The first-order valence-electron chi connectivity index (χ1n) is 18.8. The first-order valence-corrected chi connectivity index (χ1v) is 18.8. The molecule has 2 aromatic heterocycles. The van der Waals surface area contributed by atoms with Crippen molar-refractivity contribution in [3.8, 4) is 34.4 Å². The molecule has 2 aromatic carbocycles. The van der Waals surface area contributed by atoms with E-state index in [1.807, 2.05) is 85.2 Å². The Kier molecular flexibility index (Phi) is 11.8. The van der Waals surface area contributed by atoms with Crippen LogP contribution in [0.2, 0.25) is 0 Å². The van der Waals surface area contributed by atoms with Gasteiger partial charge in [0.15, 0.2) is 0 Å². The van der Waals surface area contributed by atoms with E-state index in [2.05, 4.69) is 74.4 Å². The SMILES string of the molecule is C[C@H]1[C@H](/C=C/c2ccc(-c3ccccc3C#N)cn2)[C@H](NC(=O)CC2C[C@@H](/C=C/c3ccc(-c4ccccc4C#N)cn3)[C@H](C)[C@@H](C)C2)CC[C@@H]1C. The van der Waals surface area contributed by atoms with E-state index < -0.39 is 0 Å². The van der Waals surface area contributed by atoms with E-state index in [9.17, 15) is 15.3 Å². The van der Waals surface area contributed by atoms with Gasteiger partial charge in [0.25, 0.3) is 0 Å². The molecule has 2 aliphatic carbocycles. The van der Waals surface area contributed by atoms with Crippen molar-refractivity contribution < 1.29 is 4.79 Å². The van der Waals surface area contributed by atoms with E-state index >= 15 is 0 Å². The van der Waals surface area contributed by atoms with Crippen LogP contribution in [0.5, 0.6) is 0 Å². The lowest BCUT2D eigenvalue weighted by Crippen LogP contribution is -2.46. The van der Waals surface area contributed by atoms with Crippen LogP contribution in [-0.2, 0) is 4.79 Å². The van der Waals surface area contributed by atoms with Gasteiger partial charge in [-0.2, -0.15) is 10.5 Å². The van der Waals surface area contributed by atoms with Crippen molar-refractivity contribution in [2.45, 2.75) is 65.8 Å². The summed E-state index contributed by atoms with van der Waals surface area (Å²) in [6.45, 7) is 9.28. The van der Waals surface area contributed by atoms with Gasteiger partial charge in [-0.25, -0.2) is 0 Å². The van der Waals surface area contributed by atoms with Gasteiger partial charge >= 0.3 is 0 Å². The number of hydrogen-bond acceptors (Lipinski definition) is 5. The van der Waals surface area contributed by atoms with Crippen LogP contribution in [0.15, 0.2) is 97.3 Å². The summed E-state index contributed by atoms with van der Waals surface area (Å²) in [6, 6.07) is 27.9. The number of amides is 1. The highest BCUT2D eigenvalue weighted by molar-refractivity contribution is 5.77. The standard InChI is InChI=1S/C46H49N5O/c1-30-13-22-45(42(33(30)4)21-20-41-19-16-39(29-50-41)44-12-8-6-10-37(44)27-48)51-46(52)25-34-23-31(2)32(3)35(24-34)14-17-40-18-15-38(28-49-40)43-11-7-5-9-36(43)26-47/h5-12,14-21,28-35,42,45H,13,22-25H2,1-4H3,(H,51,52)/b17-14+,21-20+/t30-,31-,32+,33+,34?,35+,42-,45+/m0/s1. The molecule has 0 radical (unpaired) electrons. The summed E-state index contributed by atoms with van der Waals surface area (Å²) in [6.07, 6.45) is 17.1. The molecule has 6 heteroatoms. The van der Waals surface area contributed by atoms with Gasteiger partial charge in [-0.15, -0.1) is 0 Å². The van der Waals surface area contributed by atoms with Crippen molar-refractivity contribution in [3.05, 3.63) is 120 Å². The van der Waals surface area contributed by atoms with Crippen molar-refractivity contribution in [1.82, 2.24) is 15.3 Å². The fourth-order valence-electron chi connectivity index (χ4n) is 8.35. The van der Waals surface area contributed by atoms with Crippen molar-refractivity contribution >= 4 is 18.1 Å². The summed E-state index contributed by atoms with van der Waals surface area (Å²) in [5.41, 5.74) is 6.69. The fraction of sp³-hybridized carbons (Fsp3) is 0.370. The van der Waals surface area contributed by atoms with Crippen LogP contribution in [0.1, 0.15) is 82.3 Å². The number of carbonyl (C=O) groups is 1. The maximum absolute atomic E-state index is 13.7. The minimum atomic E-state index is 0.0986. The molecule has 2 saturated carbocycles. The number of nitrogens with zero attached hydrogens (tertiary/aromatic N) is 4. The summed E-state index contributed by atoms with van der Waals surface area (Å²) < 4.78 is 0. The van der Waals surface area contributed by atoms with Gasteiger partial charge in [-0.3, -0.25) is 14.8 Å². The quantitative estimate of drug-likeness (QED) is 0.189. The number of hydrogen-bond donors (Lipinski definition) is 1. The maximum atomic E-state index is 13.7. The third kappa shape index (κ3) is 8.58. The molecule has 1 amide bonds. The second-order valence-corrected chi connectivity index (χ2v) is 15.2. The molecular weight excluding hydrogens is 639 g/mol. The Labute approximate surface area is 309 Å². The molecule has 4 aromatic rings. The Hall–Kier alpha value is -5.33. The third-order valence-corrected chi connectivity index (χ3v) is 11.9. The van der Waals surface area contributed by atoms with Crippen LogP contribution >= 0.6 is 0 Å². The molecule has 0 bridgehead atoms. The lowest BCUT2D eigenvalue weighted by atomic mass is 9.68. The molecule has 1 N–H and O–H groups in total. The van der Waals surface area contributed by atoms with E-state index in [1.165, 1.54) is 0 Å². The molecule has 264 valence electrons. The van der Waals surface area contributed by atoms with Gasteiger partial charge in [0, 0.05) is 53.0 Å². The van der Waals surface area contributed by atoms with Crippen LogP contribution in [0, 0.1) is 64.1 Å². The molecule has 2 heterocycles. The number of rotatable bonds is 9. The van der Waals surface area contributed by atoms with Crippen molar-refractivity contribution in [3.63, 3.8) is 0 Å². The molecular formula is C46H49N5O.